The van der Waals surface area contributed by atoms with Gasteiger partial charge in [0.1, 0.15) is 6.54 Å². The smallest absolute Gasteiger partial charge is 0.282 e. The third-order valence-corrected chi connectivity index (χ3v) is 4.09. The van der Waals surface area contributed by atoms with Crippen molar-refractivity contribution >= 4 is 11.6 Å². The number of anilines is 1. The Balaban J connectivity index is 1.61. The lowest BCUT2D eigenvalue weighted by atomic mass is 10.1. The third kappa shape index (κ3) is 3.63. The molecule has 120 valence electrons. The molecule has 0 bridgehead atoms. The van der Waals surface area contributed by atoms with Gasteiger partial charge >= 0.3 is 0 Å². The maximum atomic E-state index is 12.4. The normalized spacial score (nSPS) is 15.0. The van der Waals surface area contributed by atoms with Gasteiger partial charge in [0.2, 0.25) is 6.79 Å². The molecule has 2 N–H and O–H groups in total. The van der Waals surface area contributed by atoms with E-state index in [2.05, 4.69) is 5.32 Å². The predicted octanol–water partition coefficient (Wildman–Crippen LogP) is 1.46. The summed E-state index contributed by atoms with van der Waals surface area (Å²) in [6.07, 6.45) is 0. The fraction of sp³-hybridized carbons (Fsp3) is 0.278. The Morgan fingerprint density at radius 1 is 1.17 bits per heavy atom. The van der Waals surface area contributed by atoms with E-state index >= 15 is 0 Å². The lowest BCUT2D eigenvalue weighted by Gasteiger charge is -2.21. The molecule has 1 amide bonds. The molecule has 23 heavy (non-hydrogen) atoms. The van der Waals surface area contributed by atoms with Crippen LogP contribution in [0.4, 0.5) is 5.69 Å². The molecule has 0 fully saturated rings. The summed E-state index contributed by atoms with van der Waals surface area (Å²) in [6, 6.07) is 15.3. The summed E-state index contributed by atoms with van der Waals surface area (Å²) in [7, 11) is 2.01. The van der Waals surface area contributed by atoms with Gasteiger partial charge < -0.3 is 19.7 Å². The van der Waals surface area contributed by atoms with Crippen LogP contribution in [0.1, 0.15) is 12.5 Å². The highest BCUT2D eigenvalue weighted by atomic mass is 16.7. The monoisotopic (exact) mass is 313 g/mol. The first-order valence-corrected chi connectivity index (χ1v) is 7.70. The van der Waals surface area contributed by atoms with E-state index in [-0.39, 0.29) is 18.7 Å². The van der Waals surface area contributed by atoms with E-state index in [1.807, 2.05) is 62.5 Å². The molecule has 0 aromatic heterocycles. The molecule has 1 aliphatic heterocycles. The van der Waals surface area contributed by atoms with E-state index in [0.717, 1.165) is 34.2 Å². The van der Waals surface area contributed by atoms with Crippen molar-refractivity contribution in [1.29, 1.82) is 0 Å². The molecular weight excluding hydrogens is 292 g/mol. The first-order valence-electron chi connectivity index (χ1n) is 7.70. The van der Waals surface area contributed by atoms with Gasteiger partial charge in [-0.2, -0.15) is 0 Å². The van der Waals surface area contributed by atoms with E-state index in [1.165, 1.54) is 0 Å². The number of rotatable bonds is 5. The molecule has 5 nitrogen and oxygen atoms in total. The van der Waals surface area contributed by atoms with Gasteiger partial charge in [0, 0.05) is 11.3 Å². The number of hydrogen-bond acceptors (Lipinski definition) is 3. The Kier molecular flexibility index (Phi) is 4.48. The minimum Gasteiger partial charge on any atom is -0.454 e. The van der Waals surface area contributed by atoms with Crippen LogP contribution in [-0.2, 0) is 11.3 Å². The molecule has 0 saturated heterocycles. The molecule has 1 unspecified atom stereocenters. The number of carbonyl (C=O) groups is 1. The van der Waals surface area contributed by atoms with Crippen molar-refractivity contribution in [3.8, 4) is 11.5 Å². The minimum absolute atomic E-state index is 0.00874. The molecule has 0 aliphatic carbocycles. The lowest BCUT2D eigenvalue weighted by Crippen LogP contribution is -3.12. The molecule has 2 atom stereocenters. The summed E-state index contributed by atoms with van der Waals surface area (Å²) in [4.78, 5) is 13.5. The van der Waals surface area contributed by atoms with Crippen LogP contribution in [-0.4, -0.2) is 25.8 Å². The maximum Gasteiger partial charge on any atom is 0.282 e. The molecule has 0 saturated carbocycles. The summed E-state index contributed by atoms with van der Waals surface area (Å²) in [5, 5.41) is 2.95. The number of ether oxygens (including phenoxy) is 2. The van der Waals surface area contributed by atoms with Crippen LogP contribution < -0.4 is 19.7 Å². The topological polar surface area (TPSA) is 52.0 Å². The number of likely N-dealkylation sites (N-methyl/N-ethyl adjacent to an activating group) is 1. The zero-order chi connectivity index (χ0) is 16.2. The number of fused-ring (bicyclic) bond motifs is 1. The molecule has 2 aromatic carbocycles. The number of amides is 1. The Bertz CT molecular complexity index is 688. The first kappa shape index (κ1) is 15.4. The van der Waals surface area contributed by atoms with Gasteiger partial charge in [-0.25, -0.2) is 0 Å². The standard InChI is InChI=1S/C18H20N2O3/c1-13(18(21)19-15-6-4-3-5-7-15)20(2)11-14-8-9-16-17(10-14)23-12-22-16/h3-10,13H,11-12H2,1-2H3,(H,19,21)/p+1/t13-/m1/s1. The van der Waals surface area contributed by atoms with Gasteiger partial charge in [0.15, 0.2) is 17.5 Å². The van der Waals surface area contributed by atoms with Crippen molar-refractivity contribution in [2.75, 3.05) is 19.2 Å². The van der Waals surface area contributed by atoms with Crippen LogP contribution in [0.3, 0.4) is 0 Å². The van der Waals surface area contributed by atoms with E-state index in [1.54, 1.807) is 0 Å². The van der Waals surface area contributed by atoms with Crippen molar-refractivity contribution in [1.82, 2.24) is 0 Å². The highest BCUT2D eigenvalue weighted by Crippen LogP contribution is 2.32. The second-order valence-electron chi connectivity index (χ2n) is 5.79. The molecule has 0 spiro atoms. The highest BCUT2D eigenvalue weighted by molar-refractivity contribution is 5.93. The van der Waals surface area contributed by atoms with E-state index in [9.17, 15) is 4.79 Å². The van der Waals surface area contributed by atoms with Gasteiger partial charge in [-0.3, -0.25) is 4.79 Å². The Morgan fingerprint density at radius 3 is 2.70 bits per heavy atom. The van der Waals surface area contributed by atoms with E-state index in [4.69, 9.17) is 9.47 Å². The summed E-state index contributed by atoms with van der Waals surface area (Å²) in [5.74, 6) is 1.56. The molecule has 3 rings (SSSR count). The fourth-order valence-electron chi connectivity index (χ4n) is 2.52. The van der Waals surface area contributed by atoms with Crippen LogP contribution in [0, 0.1) is 0 Å². The molecule has 1 aliphatic rings. The van der Waals surface area contributed by atoms with Crippen LogP contribution in [0.5, 0.6) is 11.5 Å². The van der Waals surface area contributed by atoms with Crippen molar-refractivity contribution in [3.05, 3.63) is 54.1 Å². The van der Waals surface area contributed by atoms with Gasteiger partial charge in [-0.15, -0.1) is 0 Å². The molecular formula is C18H21N2O3+. The lowest BCUT2D eigenvalue weighted by molar-refractivity contribution is -0.907. The van der Waals surface area contributed by atoms with Crippen molar-refractivity contribution < 1.29 is 19.2 Å². The van der Waals surface area contributed by atoms with Gasteiger partial charge in [0.25, 0.3) is 5.91 Å². The van der Waals surface area contributed by atoms with Crippen LogP contribution in [0.25, 0.3) is 0 Å². The number of quaternary nitrogens is 1. The van der Waals surface area contributed by atoms with Crippen molar-refractivity contribution in [3.63, 3.8) is 0 Å². The van der Waals surface area contributed by atoms with Crippen molar-refractivity contribution in [2.45, 2.75) is 19.5 Å². The second-order valence-corrected chi connectivity index (χ2v) is 5.79. The summed E-state index contributed by atoms with van der Waals surface area (Å²) in [5.41, 5.74) is 1.94. The first-order chi connectivity index (χ1) is 11.1. The van der Waals surface area contributed by atoms with Gasteiger partial charge in [-0.1, -0.05) is 18.2 Å². The van der Waals surface area contributed by atoms with Gasteiger partial charge in [0.05, 0.1) is 7.05 Å². The molecule has 2 aromatic rings. The summed E-state index contributed by atoms with van der Waals surface area (Å²) in [6.45, 7) is 2.94. The van der Waals surface area contributed by atoms with Crippen LogP contribution >= 0.6 is 0 Å². The third-order valence-electron chi connectivity index (χ3n) is 4.09. The quantitative estimate of drug-likeness (QED) is 0.879. The number of benzene rings is 2. The SMILES string of the molecule is C[C@H](C(=O)Nc1ccccc1)[NH+](C)Cc1ccc2c(c1)OCO2. The average Bonchev–Trinajstić information content (AvgIpc) is 3.02. The number of para-hydroxylation sites is 1. The molecule has 1 heterocycles. The second kappa shape index (κ2) is 6.71. The fourth-order valence-corrected chi connectivity index (χ4v) is 2.52. The largest absolute Gasteiger partial charge is 0.454 e. The Hall–Kier alpha value is -2.53. The summed E-state index contributed by atoms with van der Waals surface area (Å²) < 4.78 is 10.7. The summed E-state index contributed by atoms with van der Waals surface area (Å²) >= 11 is 0. The van der Waals surface area contributed by atoms with Gasteiger partial charge in [-0.05, 0) is 37.3 Å². The van der Waals surface area contributed by atoms with Crippen molar-refractivity contribution in [2.24, 2.45) is 0 Å². The average molecular weight is 313 g/mol. The number of carbonyl (C=O) groups excluding carboxylic acids is 1. The van der Waals surface area contributed by atoms with Crippen LogP contribution in [0.15, 0.2) is 48.5 Å². The Morgan fingerprint density at radius 2 is 1.91 bits per heavy atom. The van der Waals surface area contributed by atoms with E-state index < -0.39 is 0 Å². The molecule has 0 radical (unpaired) electrons. The predicted molar refractivity (Wildman–Crippen MR) is 87.7 cm³/mol. The minimum atomic E-state index is -0.166. The molecule has 5 heteroatoms. The zero-order valence-electron chi connectivity index (χ0n) is 13.3. The number of nitrogens with one attached hydrogen (secondary N) is 2. The Labute approximate surface area is 135 Å². The maximum absolute atomic E-state index is 12.4. The van der Waals surface area contributed by atoms with E-state index in [0.29, 0.717) is 0 Å². The van der Waals surface area contributed by atoms with Crippen LogP contribution in [0.2, 0.25) is 0 Å². The zero-order valence-corrected chi connectivity index (χ0v) is 13.3. The number of hydrogen-bond donors (Lipinski definition) is 2. The highest BCUT2D eigenvalue weighted by Gasteiger charge is 2.23.